The minimum absolute atomic E-state index is 0.0586. The van der Waals surface area contributed by atoms with Gasteiger partial charge in [-0.25, -0.2) is 0 Å². The molecule has 1 aromatic carbocycles. The van der Waals surface area contributed by atoms with Gasteiger partial charge in [-0.3, -0.25) is 4.79 Å². The zero-order valence-electron chi connectivity index (χ0n) is 16.0. The van der Waals surface area contributed by atoms with Gasteiger partial charge in [-0.1, -0.05) is 23.7 Å². The Balaban J connectivity index is 1.46. The van der Waals surface area contributed by atoms with Crippen LogP contribution in [0, 0.1) is 5.92 Å². The Hall–Kier alpha value is -2.48. The van der Waals surface area contributed by atoms with Gasteiger partial charge < -0.3 is 14.2 Å². The molecule has 0 unspecified atom stereocenters. The predicted octanol–water partition coefficient (Wildman–Crippen LogP) is 5.27. The fourth-order valence-corrected chi connectivity index (χ4v) is 3.75. The molecule has 2 heterocycles. The number of carbonyl (C=O) groups is 1. The van der Waals surface area contributed by atoms with E-state index in [1.54, 1.807) is 23.1 Å². The monoisotopic (exact) mass is 440 g/mol. The van der Waals surface area contributed by atoms with Crippen LogP contribution in [0.1, 0.15) is 42.6 Å². The van der Waals surface area contributed by atoms with Gasteiger partial charge >= 0.3 is 6.18 Å². The van der Waals surface area contributed by atoms with Crippen LogP contribution in [0.15, 0.2) is 46.0 Å². The Labute approximate surface area is 176 Å². The molecule has 2 aromatic rings. The highest BCUT2D eigenvalue weighted by Gasteiger charge is 2.34. The Morgan fingerprint density at radius 3 is 2.67 bits per heavy atom. The molecule has 0 saturated heterocycles. The minimum atomic E-state index is -4.43. The second-order valence-electron chi connectivity index (χ2n) is 7.62. The van der Waals surface area contributed by atoms with Crippen molar-refractivity contribution in [2.24, 2.45) is 11.1 Å². The van der Waals surface area contributed by atoms with Crippen molar-refractivity contribution in [2.75, 3.05) is 6.54 Å². The summed E-state index contributed by atoms with van der Waals surface area (Å²) in [5.41, 5.74) is 0.282. The normalized spacial score (nSPS) is 19.2. The fourth-order valence-electron chi connectivity index (χ4n) is 3.60. The third-order valence-electron chi connectivity index (χ3n) is 5.41. The molecular formula is C21H20ClF3N2O3. The standard InChI is InChI=1S/C21H20ClF3N2O3/c22-19-8-7-18(29-19)17-10-16(30-26-17)12-27(20(28)14-4-2-5-14)11-13-3-1-6-15(9-13)21(23,24)25/h1,3,6-9,14,16H,2,4-5,10-12H2/t16-/m1/s1. The summed E-state index contributed by atoms with van der Waals surface area (Å²) in [4.78, 5) is 20.0. The van der Waals surface area contributed by atoms with Crippen molar-refractivity contribution >= 4 is 23.2 Å². The molecule has 5 nitrogen and oxygen atoms in total. The first kappa shape index (κ1) is 20.8. The van der Waals surface area contributed by atoms with Gasteiger partial charge in [0.2, 0.25) is 5.91 Å². The Kier molecular flexibility index (Phi) is 5.77. The van der Waals surface area contributed by atoms with Gasteiger partial charge in [0.1, 0.15) is 5.71 Å². The van der Waals surface area contributed by atoms with Crippen molar-refractivity contribution in [3.8, 4) is 0 Å². The highest BCUT2D eigenvalue weighted by molar-refractivity contribution is 6.29. The maximum atomic E-state index is 13.1. The van der Waals surface area contributed by atoms with Gasteiger partial charge in [0, 0.05) is 18.9 Å². The highest BCUT2D eigenvalue weighted by atomic mass is 35.5. The number of furan rings is 1. The van der Waals surface area contributed by atoms with Crippen LogP contribution in [-0.4, -0.2) is 29.2 Å². The molecule has 0 bridgehead atoms. The SMILES string of the molecule is O=C(C1CCC1)N(Cc1cccc(C(F)(F)F)c1)C[C@H]1CC(c2ccc(Cl)o2)=NO1. The Morgan fingerprint density at radius 1 is 1.23 bits per heavy atom. The van der Waals surface area contributed by atoms with Crippen LogP contribution in [0.3, 0.4) is 0 Å². The van der Waals surface area contributed by atoms with Crippen LogP contribution in [0.4, 0.5) is 13.2 Å². The first-order valence-electron chi connectivity index (χ1n) is 9.73. The van der Waals surface area contributed by atoms with Crippen molar-refractivity contribution in [3.05, 3.63) is 58.5 Å². The number of carbonyl (C=O) groups excluding carboxylic acids is 1. The number of alkyl halides is 3. The van der Waals surface area contributed by atoms with Gasteiger partial charge in [-0.2, -0.15) is 13.2 Å². The molecule has 30 heavy (non-hydrogen) atoms. The van der Waals surface area contributed by atoms with Crippen molar-refractivity contribution < 1.29 is 27.2 Å². The highest BCUT2D eigenvalue weighted by Crippen LogP contribution is 2.32. The van der Waals surface area contributed by atoms with E-state index in [1.165, 1.54) is 6.07 Å². The largest absolute Gasteiger partial charge is 0.443 e. The quantitative estimate of drug-likeness (QED) is 0.614. The molecule has 160 valence electrons. The van der Waals surface area contributed by atoms with Crippen molar-refractivity contribution in [3.63, 3.8) is 0 Å². The van der Waals surface area contributed by atoms with E-state index in [1.807, 2.05) is 0 Å². The molecule has 0 N–H and O–H groups in total. The summed E-state index contributed by atoms with van der Waals surface area (Å²) in [5, 5.41) is 4.26. The summed E-state index contributed by atoms with van der Waals surface area (Å²) in [6, 6.07) is 8.36. The van der Waals surface area contributed by atoms with Crippen LogP contribution in [0.2, 0.25) is 5.22 Å². The van der Waals surface area contributed by atoms with Crippen LogP contribution >= 0.6 is 11.6 Å². The first-order chi connectivity index (χ1) is 14.3. The maximum absolute atomic E-state index is 13.1. The molecule has 1 aromatic heterocycles. The third-order valence-corrected chi connectivity index (χ3v) is 5.61. The maximum Gasteiger partial charge on any atom is 0.416 e. The van der Waals surface area contributed by atoms with E-state index in [2.05, 4.69) is 5.16 Å². The number of hydrogen-bond acceptors (Lipinski definition) is 4. The summed E-state index contributed by atoms with van der Waals surface area (Å²) in [7, 11) is 0. The van der Waals surface area contributed by atoms with Crippen LogP contribution in [0.25, 0.3) is 0 Å². The van der Waals surface area contributed by atoms with Gasteiger partial charge in [0.25, 0.3) is 0 Å². The lowest BCUT2D eigenvalue weighted by molar-refractivity contribution is -0.140. The fraction of sp³-hybridized carbons (Fsp3) is 0.429. The lowest BCUT2D eigenvalue weighted by Gasteiger charge is -2.32. The number of halogens is 4. The van der Waals surface area contributed by atoms with Gasteiger partial charge in [-0.15, -0.1) is 0 Å². The van der Waals surface area contributed by atoms with E-state index >= 15 is 0 Å². The first-order valence-corrected chi connectivity index (χ1v) is 10.1. The molecule has 1 fully saturated rings. The molecule has 1 aliphatic carbocycles. The van der Waals surface area contributed by atoms with Gasteiger partial charge in [-0.05, 0) is 54.3 Å². The zero-order valence-corrected chi connectivity index (χ0v) is 16.7. The number of hydrogen-bond donors (Lipinski definition) is 0. The molecule has 2 aliphatic rings. The average Bonchev–Trinajstić information content (AvgIpc) is 3.28. The van der Waals surface area contributed by atoms with Gasteiger partial charge in [0.15, 0.2) is 17.1 Å². The number of oxime groups is 1. The number of nitrogens with zero attached hydrogens (tertiary/aromatic N) is 2. The lowest BCUT2D eigenvalue weighted by Crippen LogP contribution is -2.42. The smallest absolute Gasteiger partial charge is 0.416 e. The van der Waals surface area contributed by atoms with E-state index in [0.717, 1.165) is 31.4 Å². The molecule has 1 atom stereocenters. The summed E-state index contributed by atoms with van der Waals surface area (Å²) >= 11 is 5.80. The number of amides is 1. The van der Waals surface area contributed by atoms with E-state index in [0.29, 0.717) is 23.5 Å². The summed E-state index contributed by atoms with van der Waals surface area (Å²) in [6.45, 7) is 0.314. The minimum Gasteiger partial charge on any atom is -0.443 e. The average molecular weight is 441 g/mol. The second-order valence-corrected chi connectivity index (χ2v) is 7.99. The third kappa shape index (κ3) is 4.64. The van der Waals surface area contributed by atoms with Crippen molar-refractivity contribution in [1.82, 2.24) is 4.90 Å². The lowest BCUT2D eigenvalue weighted by atomic mass is 9.84. The molecule has 1 saturated carbocycles. The van der Waals surface area contributed by atoms with E-state index < -0.39 is 17.8 Å². The van der Waals surface area contributed by atoms with Gasteiger partial charge in [0.05, 0.1) is 12.1 Å². The molecule has 4 rings (SSSR count). The molecule has 0 radical (unpaired) electrons. The molecule has 0 spiro atoms. The van der Waals surface area contributed by atoms with Crippen LogP contribution in [0.5, 0.6) is 0 Å². The summed E-state index contributed by atoms with van der Waals surface area (Å²) in [6.07, 6.45) is -1.83. The van der Waals surface area contributed by atoms with Crippen molar-refractivity contribution in [2.45, 2.75) is 44.5 Å². The molecule has 9 heteroatoms. The number of benzene rings is 1. The summed E-state index contributed by atoms with van der Waals surface area (Å²) in [5.74, 6) is 0.357. The molecule has 1 aliphatic heterocycles. The summed E-state index contributed by atoms with van der Waals surface area (Å²) < 4.78 is 44.5. The van der Waals surface area contributed by atoms with E-state index in [9.17, 15) is 18.0 Å². The van der Waals surface area contributed by atoms with Crippen LogP contribution in [-0.2, 0) is 22.4 Å². The van der Waals surface area contributed by atoms with E-state index in [4.69, 9.17) is 20.9 Å². The zero-order chi connectivity index (χ0) is 21.3. The Morgan fingerprint density at radius 2 is 2.03 bits per heavy atom. The van der Waals surface area contributed by atoms with Crippen molar-refractivity contribution in [1.29, 1.82) is 0 Å². The Bertz CT molecular complexity index is 953. The molecule has 1 amide bonds. The number of rotatable bonds is 6. The van der Waals surface area contributed by atoms with E-state index in [-0.39, 0.29) is 30.1 Å². The molecular weight excluding hydrogens is 421 g/mol. The predicted molar refractivity (Wildman–Crippen MR) is 104 cm³/mol. The van der Waals surface area contributed by atoms with Crippen LogP contribution < -0.4 is 0 Å². The topological polar surface area (TPSA) is 55.0 Å². The second kappa shape index (κ2) is 8.34.